The number of allylic oxidation sites excluding steroid dienone is 2. The number of nitrogens with zero attached hydrogens (tertiary/aromatic N) is 6. The predicted molar refractivity (Wildman–Crippen MR) is 436 cm³/mol. The molecule has 8 amide bonds. The van der Waals surface area contributed by atoms with Crippen LogP contribution in [-0.4, -0.2) is 193 Å². The lowest BCUT2D eigenvalue weighted by Gasteiger charge is -2.31. The van der Waals surface area contributed by atoms with Gasteiger partial charge >= 0.3 is 0 Å². The zero-order valence-electron chi connectivity index (χ0n) is 66.1. The van der Waals surface area contributed by atoms with Crippen molar-refractivity contribution in [3.8, 4) is 45.5 Å². The highest BCUT2D eigenvalue weighted by Crippen LogP contribution is 2.49. The molecular weight excluding hydrogens is 1520 g/mol. The van der Waals surface area contributed by atoms with Gasteiger partial charge in [0.25, 0.3) is 11.8 Å². The lowest BCUT2D eigenvalue weighted by molar-refractivity contribution is -0.145. The number of benzene rings is 4. The van der Waals surface area contributed by atoms with Crippen LogP contribution >= 0.6 is 0 Å². The molecule has 28 heteroatoms. The van der Waals surface area contributed by atoms with E-state index in [0.29, 0.717) is 110 Å². The molecule has 616 valence electrons. The fourth-order valence-electron chi connectivity index (χ4n) is 17.6. The van der Waals surface area contributed by atoms with Gasteiger partial charge < -0.3 is 49.2 Å². The van der Waals surface area contributed by atoms with E-state index in [9.17, 15) is 55.2 Å². The van der Waals surface area contributed by atoms with Crippen molar-refractivity contribution in [3.05, 3.63) is 133 Å². The SMILES string of the molecule is COc1ccc2c(O[C@@H]3C[C@H]4C(=O)N[C@@]5(C(=O)NS(=O)(=O)C6CC6)C[C@@H]5/C=C\CCCCC[C@H](CC(=O)N5CCCCC5)C(=O)N4C3)cc(-c3ccccc3)nc2c1.COc1ccc2c(O[C@@H]3C[C@H]4C(=O)N[C@]5(C(=O)NS(=O)(=O)C6CC6)C[C@H]5/C=C\CCCCC[C@H](CC(=O)N5CCCCC5)C(=O)N4C3)cc(-c3ccccc3)nc2c1. The maximum Gasteiger partial charge on any atom is 0.259 e. The summed E-state index contributed by atoms with van der Waals surface area (Å²) in [5.41, 5.74) is 1.47. The van der Waals surface area contributed by atoms with Crippen LogP contribution in [-0.2, 0) is 58.4 Å². The van der Waals surface area contributed by atoms with E-state index in [-0.39, 0.29) is 75.2 Å². The quantitative estimate of drug-likeness (QED) is 0.0581. The largest absolute Gasteiger partial charge is 0.497 e. The molecule has 116 heavy (non-hydrogen) atoms. The normalized spacial score (nSPS) is 27.3. The van der Waals surface area contributed by atoms with Crippen LogP contribution in [0.15, 0.2) is 133 Å². The van der Waals surface area contributed by atoms with Gasteiger partial charge in [-0.2, -0.15) is 0 Å². The van der Waals surface area contributed by atoms with Crippen LogP contribution < -0.4 is 39.0 Å². The Morgan fingerprint density at radius 3 is 1.25 bits per heavy atom. The molecule has 26 nitrogen and oxygen atoms in total. The molecule has 0 spiro atoms. The number of amides is 8. The molecule has 16 rings (SSSR count). The van der Waals surface area contributed by atoms with Gasteiger partial charge in [-0.05, 0) is 140 Å². The number of nitrogens with one attached hydrogen (secondary N) is 4. The number of fused-ring (bicyclic) bond motifs is 6. The van der Waals surface area contributed by atoms with Crippen LogP contribution in [0.1, 0.15) is 167 Å². The molecule has 8 fully saturated rings. The summed E-state index contributed by atoms with van der Waals surface area (Å²) in [6, 6.07) is 32.2. The van der Waals surface area contributed by atoms with Crippen LogP contribution in [0.2, 0.25) is 0 Å². The van der Waals surface area contributed by atoms with Gasteiger partial charge in [-0.25, -0.2) is 26.8 Å². The molecule has 6 aromatic rings. The van der Waals surface area contributed by atoms with Crippen molar-refractivity contribution in [1.82, 2.24) is 49.6 Å². The first-order valence-corrected chi connectivity index (χ1v) is 44.9. The fourth-order valence-corrected chi connectivity index (χ4v) is 20.3. The lowest BCUT2D eigenvalue weighted by atomic mass is 9.94. The van der Waals surface area contributed by atoms with E-state index >= 15 is 0 Å². The molecule has 4 aliphatic carbocycles. The molecular formula is C88H106N10O16S2. The average molecular weight is 1620 g/mol. The third-order valence-electron chi connectivity index (χ3n) is 24.9. The van der Waals surface area contributed by atoms with Crippen molar-refractivity contribution >= 4 is 89.1 Å². The third kappa shape index (κ3) is 18.5. The van der Waals surface area contributed by atoms with Crippen molar-refractivity contribution in [2.75, 3.05) is 53.5 Å². The second-order valence-corrected chi connectivity index (χ2v) is 37.1. The molecule has 2 aromatic heterocycles. The number of piperidine rings is 2. The van der Waals surface area contributed by atoms with E-state index in [1.165, 1.54) is 9.80 Å². The molecule has 4 saturated carbocycles. The highest BCUT2D eigenvalue weighted by molar-refractivity contribution is 7.91. The topological polar surface area (TPSA) is 329 Å². The van der Waals surface area contributed by atoms with Gasteiger partial charge in [0.15, 0.2) is 0 Å². The van der Waals surface area contributed by atoms with Gasteiger partial charge in [0.05, 0.1) is 60.2 Å². The van der Waals surface area contributed by atoms with Crippen LogP contribution in [0.25, 0.3) is 44.3 Å². The lowest BCUT2D eigenvalue weighted by Crippen LogP contribution is -2.57. The molecule has 4 saturated heterocycles. The summed E-state index contributed by atoms with van der Waals surface area (Å²) in [5, 5.41) is 6.15. The van der Waals surface area contributed by atoms with Crippen molar-refractivity contribution < 1.29 is 74.1 Å². The van der Waals surface area contributed by atoms with Gasteiger partial charge in [-0.15, -0.1) is 0 Å². The number of pyridine rings is 2. The van der Waals surface area contributed by atoms with Crippen LogP contribution in [0, 0.1) is 23.7 Å². The van der Waals surface area contributed by atoms with E-state index in [0.717, 1.165) is 112 Å². The number of ether oxygens (including phenoxy) is 4. The number of aromatic nitrogens is 2. The molecule has 4 N–H and O–H groups in total. The van der Waals surface area contributed by atoms with E-state index < -0.39 is 113 Å². The van der Waals surface area contributed by atoms with Crippen LogP contribution in [0.3, 0.4) is 0 Å². The number of carbonyl (C=O) groups excluding carboxylic acids is 8. The Balaban J connectivity index is 0.000000182. The molecule has 8 heterocycles. The second kappa shape index (κ2) is 35.1. The summed E-state index contributed by atoms with van der Waals surface area (Å²) in [5.74, 6) is -3.08. The van der Waals surface area contributed by atoms with Gasteiger partial charge in [0.1, 0.15) is 58.4 Å². The van der Waals surface area contributed by atoms with Crippen molar-refractivity contribution in [2.45, 2.75) is 213 Å². The number of sulfonamides is 2. The van der Waals surface area contributed by atoms with Crippen molar-refractivity contribution in [1.29, 1.82) is 0 Å². The molecule has 10 aliphatic rings. The smallest absolute Gasteiger partial charge is 0.259 e. The van der Waals surface area contributed by atoms with E-state index in [1.807, 2.05) is 143 Å². The summed E-state index contributed by atoms with van der Waals surface area (Å²) >= 11 is 0. The Hall–Kier alpha value is -9.96. The van der Waals surface area contributed by atoms with E-state index in [1.54, 1.807) is 14.2 Å². The summed E-state index contributed by atoms with van der Waals surface area (Å²) in [6.45, 7) is 2.85. The number of carbonyl (C=O) groups is 8. The summed E-state index contributed by atoms with van der Waals surface area (Å²) in [7, 11) is -4.58. The van der Waals surface area contributed by atoms with Gasteiger partial charge in [0.2, 0.25) is 55.5 Å². The molecule has 0 radical (unpaired) electrons. The standard InChI is InChI=1S/2C44H53N5O8S/c2*1-56-32-17-20-35-37(24-32)45-36(29-13-8-5-9-14-29)26-39(35)57-33-25-38-41(51)46-44(43(53)47-58(54,55)34-18-19-34)27-31(44)16-10-4-2-3-7-15-30(42(52)49(38)28-33)23-40(50)48-21-11-6-12-22-48/h2*5,8-10,13-14,16-17,20,24,26,30-31,33-34,38H,2-4,6-7,11-12,15,18-19,21-23,25,27-28H2,1H3,(H,46,51)(H,47,53)/b2*16-10-/t30-,31+,33-,38+,44+;30-,31-,33-,38+,44-/m11/s1. The van der Waals surface area contributed by atoms with E-state index in [4.69, 9.17) is 28.9 Å². The summed E-state index contributed by atoms with van der Waals surface area (Å²) < 4.78 is 80.9. The molecule has 4 aromatic carbocycles. The molecule has 6 aliphatic heterocycles. The summed E-state index contributed by atoms with van der Waals surface area (Å²) in [6.07, 6.45) is 22.6. The number of methoxy groups -OCH3 is 2. The monoisotopic (exact) mass is 1620 g/mol. The zero-order valence-corrected chi connectivity index (χ0v) is 67.8. The Bertz CT molecular complexity index is 4680. The zero-order chi connectivity index (χ0) is 80.9. The number of likely N-dealkylation sites (tertiary alicyclic amines) is 2. The highest BCUT2D eigenvalue weighted by Gasteiger charge is 2.64. The third-order valence-corrected chi connectivity index (χ3v) is 28.5. The minimum atomic E-state index is -3.88. The molecule has 10 atom stereocenters. The Morgan fingerprint density at radius 2 is 0.871 bits per heavy atom. The number of hydrogen-bond acceptors (Lipinski definition) is 18. The number of hydrogen-bond donors (Lipinski definition) is 4. The average Bonchev–Trinajstić information content (AvgIpc) is 1.57. The van der Waals surface area contributed by atoms with Crippen LogP contribution in [0.5, 0.6) is 23.0 Å². The Kier molecular flexibility index (Phi) is 24.6. The predicted octanol–water partition coefficient (Wildman–Crippen LogP) is 10.6. The van der Waals surface area contributed by atoms with Crippen LogP contribution in [0.4, 0.5) is 0 Å². The fraction of sp³-hybridized carbons (Fsp3) is 0.523. The first-order valence-electron chi connectivity index (χ1n) is 41.8. The van der Waals surface area contributed by atoms with Gasteiger partial charge in [0, 0.05) is 122 Å². The molecule has 0 unspecified atom stereocenters. The summed E-state index contributed by atoms with van der Waals surface area (Å²) in [4.78, 5) is 131. The maximum atomic E-state index is 14.8. The first-order chi connectivity index (χ1) is 56.1. The minimum absolute atomic E-state index is 0.0488. The number of rotatable bonds is 18. The van der Waals surface area contributed by atoms with Gasteiger partial charge in [-0.1, -0.05) is 111 Å². The van der Waals surface area contributed by atoms with Crippen molar-refractivity contribution in [2.24, 2.45) is 23.7 Å². The Morgan fingerprint density at radius 1 is 0.483 bits per heavy atom. The van der Waals surface area contributed by atoms with Crippen molar-refractivity contribution in [3.63, 3.8) is 0 Å². The van der Waals surface area contributed by atoms with Gasteiger partial charge in [-0.3, -0.25) is 47.8 Å². The molecule has 0 bridgehead atoms. The first kappa shape index (κ1) is 81.2. The van der Waals surface area contributed by atoms with E-state index in [2.05, 4.69) is 20.1 Å². The maximum absolute atomic E-state index is 14.8. The minimum Gasteiger partial charge on any atom is -0.497 e. The highest BCUT2D eigenvalue weighted by atomic mass is 32.2. The second-order valence-electron chi connectivity index (χ2n) is 33.2. The Labute approximate surface area is 678 Å².